The molecule has 1 aromatic heterocycles. The minimum absolute atomic E-state index is 0.0522. The second kappa shape index (κ2) is 11.8. The van der Waals surface area contributed by atoms with Gasteiger partial charge in [-0.1, -0.05) is 87.1 Å². The van der Waals surface area contributed by atoms with Crippen molar-refractivity contribution in [1.82, 2.24) is 10.2 Å². The molecule has 40 heavy (non-hydrogen) atoms. The number of thioether (sulfide) groups is 1. The maximum absolute atomic E-state index is 13.5. The molecule has 1 N–H and O–H groups in total. The molecule has 1 fully saturated rings. The first-order valence-corrected chi connectivity index (χ1v) is 14.7. The molecule has 8 nitrogen and oxygen atoms in total. The quantitative estimate of drug-likeness (QED) is 0.0763. The predicted octanol–water partition coefficient (Wildman–Crippen LogP) is 6.54. The molecule has 204 valence electrons. The number of halogens is 1. The van der Waals surface area contributed by atoms with E-state index in [0.29, 0.717) is 32.7 Å². The maximum Gasteiger partial charge on any atom is 0.301 e. The van der Waals surface area contributed by atoms with E-state index in [4.69, 9.17) is 9.47 Å². The summed E-state index contributed by atoms with van der Waals surface area (Å²) < 4.78 is 12.3. The van der Waals surface area contributed by atoms with Crippen molar-refractivity contribution >= 4 is 61.6 Å². The lowest BCUT2D eigenvalue weighted by molar-refractivity contribution is -0.132. The molecular formula is C29H24BrN3O5S2. The molecule has 1 atom stereocenters. The average Bonchev–Trinajstić information content (AvgIpc) is 3.54. The summed E-state index contributed by atoms with van der Waals surface area (Å²) in [6.45, 7) is 2.04. The van der Waals surface area contributed by atoms with E-state index < -0.39 is 17.7 Å². The lowest BCUT2D eigenvalue weighted by Gasteiger charge is -2.23. The molecule has 1 unspecified atom stereocenters. The SMILES string of the molecule is COc1ccc(C2/C(=C(/O)c3ccc(Br)cc3)C(=O)C(=O)N2c2nnc(SCc3ccc(C)cc3)s2)cc1OC. The number of aliphatic hydroxyl groups is 1. The summed E-state index contributed by atoms with van der Waals surface area (Å²) >= 11 is 6.09. The fourth-order valence-electron chi connectivity index (χ4n) is 4.32. The Morgan fingerprint density at radius 2 is 1.70 bits per heavy atom. The van der Waals surface area contributed by atoms with E-state index in [0.717, 1.165) is 10.0 Å². The van der Waals surface area contributed by atoms with Gasteiger partial charge in [-0.25, -0.2) is 0 Å². The molecule has 1 aliphatic heterocycles. The van der Waals surface area contributed by atoms with Crippen LogP contribution in [0.2, 0.25) is 0 Å². The van der Waals surface area contributed by atoms with Gasteiger partial charge in [-0.2, -0.15) is 0 Å². The fraction of sp³-hybridized carbons (Fsp3) is 0.172. The summed E-state index contributed by atoms with van der Waals surface area (Å²) in [5.41, 5.74) is 3.20. The fourth-order valence-corrected chi connectivity index (χ4v) is 6.41. The summed E-state index contributed by atoms with van der Waals surface area (Å²) in [4.78, 5) is 28.2. The number of ether oxygens (including phenoxy) is 2. The standard InChI is InChI=1S/C29H24BrN3O5S2/c1-16-4-6-17(7-5-16)15-39-29-32-31-28(40-29)33-24(19-10-13-21(37-2)22(14-19)38-3)23(26(35)27(33)36)25(34)18-8-11-20(30)12-9-18/h4-14,24,34H,15H2,1-3H3/b25-23-. The Morgan fingerprint density at radius 3 is 2.38 bits per heavy atom. The van der Waals surface area contributed by atoms with Crippen LogP contribution in [0.25, 0.3) is 5.76 Å². The molecule has 1 amide bonds. The number of aliphatic hydroxyl groups excluding tert-OH is 1. The Bertz CT molecular complexity index is 1600. The van der Waals surface area contributed by atoms with Crippen LogP contribution in [-0.4, -0.2) is 41.2 Å². The summed E-state index contributed by atoms with van der Waals surface area (Å²) in [7, 11) is 3.02. The molecular weight excluding hydrogens is 614 g/mol. The number of rotatable bonds is 8. The molecule has 4 aromatic rings. The number of nitrogens with zero attached hydrogens (tertiary/aromatic N) is 3. The Balaban J connectivity index is 1.57. The molecule has 0 aliphatic carbocycles. The highest BCUT2D eigenvalue weighted by Crippen LogP contribution is 2.45. The van der Waals surface area contributed by atoms with E-state index in [2.05, 4.69) is 50.4 Å². The molecule has 0 saturated carbocycles. The molecule has 2 heterocycles. The third kappa shape index (κ3) is 5.49. The van der Waals surface area contributed by atoms with Gasteiger partial charge in [0.1, 0.15) is 5.76 Å². The van der Waals surface area contributed by atoms with Crippen LogP contribution in [0, 0.1) is 6.92 Å². The van der Waals surface area contributed by atoms with Crippen molar-refractivity contribution in [3.05, 3.63) is 99.0 Å². The predicted molar refractivity (Wildman–Crippen MR) is 159 cm³/mol. The van der Waals surface area contributed by atoms with E-state index in [-0.39, 0.29) is 16.5 Å². The summed E-state index contributed by atoms with van der Waals surface area (Å²) in [6, 6.07) is 19.2. The number of hydrogen-bond donors (Lipinski definition) is 1. The number of carbonyl (C=O) groups excluding carboxylic acids is 2. The first-order valence-electron chi connectivity index (χ1n) is 12.1. The van der Waals surface area contributed by atoms with Crippen LogP contribution in [0.3, 0.4) is 0 Å². The first-order chi connectivity index (χ1) is 19.3. The molecule has 0 radical (unpaired) electrons. The third-order valence-corrected chi connectivity index (χ3v) is 9.03. The summed E-state index contributed by atoms with van der Waals surface area (Å²) in [5.74, 6) is -0.320. The Kier molecular flexibility index (Phi) is 8.24. The molecule has 5 rings (SSSR count). The van der Waals surface area contributed by atoms with E-state index in [1.807, 2.05) is 6.92 Å². The molecule has 3 aromatic carbocycles. The molecule has 11 heteroatoms. The van der Waals surface area contributed by atoms with Crippen LogP contribution in [0.4, 0.5) is 5.13 Å². The number of anilines is 1. The van der Waals surface area contributed by atoms with Gasteiger partial charge < -0.3 is 14.6 Å². The first kappa shape index (κ1) is 27.9. The van der Waals surface area contributed by atoms with Gasteiger partial charge in [0, 0.05) is 15.8 Å². The van der Waals surface area contributed by atoms with Gasteiger partial charge in [-0.3, -0.25) is 14.5 Å². The van der Waals surface area contributed by atoms with E-state index in [1.54, 1.807) is 42.5 Å². The van der Waals surface area contributed by atoms with Crippen LogP contribution in [0.15, 0.2) is 81.1 Å². The average molecular weight is 639 g/mol. The molecule has 1 aliphatic rings. The number of Topliss-reactive ketones (excluding diaryl/α,β-unsaturated/α-hetero) is 1. The highest BCUT2D eigenvalue weighted by Gasteiger charge is 2.48. The Hall–Kier alpha value is -3.67. The molecule has 0 spiro atoms. The van der Waals surface area contributed by atoms with Crippen LogP contribution in [-0.2, 0) is 15.3 Å². The van der Waals surface area contributed by atoms with Crippen molar-refractivity contribution in [2.75, 3.05) is 19.1 Å². The topological polar surface area (TPSA) is 102 Å². The van der Waals surface area contributed by atoms with E-state index >= 15 is 0 Å². The molecule has 0 bridgehead atoms. The van der Waals surface area contributed by atoms with Gasteiger partial charge in [0.2, 0.25) is 5.13 Å². The number of methoxy groups -OCH3 is 2. The largest absolute Gasteiger partial charge is 0.507 e. The van der Waals surface area contributed by atoms with Gasteiger partial charge >= 0.3 is 5.91 Å². The monoisotopic (exact) mass is 637 g/mol. The van der Waals surface area contributed by atoms with E-state index in [1.165, 1.54) is 47.8 Å². The maximum atomic E-state index is 13.5. The minimum atomic E-state index is -0.966. The smallest absolute Gasteiger partial charge is 0.301 e. The molecule has 1 saturated heterocycles. The highest BCUT2D eigenvalue weighted by atomic mass is 79.9. The number of ketones is 1. The minimum Gasteiger partial charge on any atom is -0.507 e. The number of aromatic nitrogens is 2. The number of benzene rings is 3. The van der Waals surface area contributed by atoms with Crippen LogP contribution >= 0.6 is 39.0 Å². The van der Waals surface area contributed by atoms with Gasteiger partial charge in [0.05, 0.1) is 25.8 Å². The number of amides is 1. The van der Waals surface area contributed by atoms with Crippen molar-refractivity contribution < 1.29 is 24.2 Å². The summed E-state index contributed by atoms with van der Waals surface area (Å²) in [6.07, 6.45) is 0. The lowest BCUT2D eigenvalue weighted by atomic mass is 9.95. The van der Waals surface area contributed by atoms with Crippen molar-refractivity contribution in [3.63, 3.8) is 0 Å². The zero-order valence-electron chi connectivity index (χ0n) is 21.8. The van der Waals surface area contributed by atoms with Crippen molar-refractivity contribution in [2.45, 2.75) is 23.1 Å². The van der Waals surface area contributed by atoms with Gasteiger partial charge in [0.15, 0.2) is 15.8 Å². The summed E-state index contributed by atoms with van der Waals surface area (Å²) in [5, 5.41) is 20.1. The Morgan fingerprint density at radius 1 is 1.00 bits per heavy atom. The number of aryl methyl sites for hydroxylation is 1. The number of carbonyl (C=O) groups is 2. The zero-order valence-corrected chi connectivity index (χ0v) is 25.0. The van der Waals surface area contributed by atoms with Gasteiger partial charge in [-0.05, 0) is 42.3 Å². The second-order valence-electron chi connectivity index (χ2n) is 8.92. The van der Waals surface area contributed by atoms with Crippen LogP contribution in [0.5, 0.6) is 11.5 Å². The third-order valence-electron chi connectivity index (χ3n) is 6.37. The Labute approximate surface area is 247 Å². The van der Waals surface area contributed by atoms with Gasteiger partial charge in [0.25, 0.3) is 5.78 Å². The van der Waals surface area contributed by atoms with Crippen molar-refractivity contribution in [1.29, 1.82) is 0 Å². The van der Waals surface area contributed by atoms with Crippen LogP contribution in [0.1, 0.15) is 28.3 Å². The number of hydrogen-bond acceptors (Lipinski definition) is 9. The lowest BCUT2D eigenvalue weighted by Crippen LogP contribution is -2.29. The normalized spacial score (nSPS) is 16.4. The van der Waals surface area contributed by atoms with Gasteiger partial charge in [-0.15, -0.1) is 10.2 Å². The van der Waals surface area contributed by atoms with Crippen molar-refractivity contribution in [2.24, 2.45) is 0 Å². The van der Waals surface area contributed by atoms with Crippen molar-refractivity contribution in [3.8, 4) is 11.5 Å². The second-order valence-corrected chi connectivity index (χ2v) is 12.0. The highest BCUT2D eigenvalue weighted by molar-refractivity contribution is 9.10. The zero-order chi connectivity index (χ0) is 28.4. The van der Waals surface area contributed by atoms with E-state index in [9.17, 15) is 14.7 Å². The van der Waals surface area contributed by atoms with Crippen LogP contribution < -0.4 is 14.4 Å².